The van der Waals surface area contributed by atoms with E-state index in [1.165, 1.54) is 71.3 Å². The maximum atomic E-state index is 2.43. The van der Waals surface area contributed by atoms with Crippen molar-refractivity contribution in [3.63, 3.8) is 0 Å². The molecule has 254 valence electrons. The summed E-state index contributed by atoms with van der Waals surface area (Å²) in [4.78, 5) is 2.43. The van der Waals surface area contributed by atoms with Crippen LogP contribution in [0.2, 0.25) is 0 Å². The summed E-state index contributed by atoms with van der Waals surface area (Å²) in [5, 5.41) is 7.66. The fourth-order valence-electron chi connectivity index (χ4n) is 8.01. The van der Waals surface area contributed by atoms with Gasteiger partial charge in [-0.15, -0.1) is 0 Å². The molecular weight excluding hydrogens is 639 g/mol. The van der Waals surface area contributed by atoms with Gasteiger partial charge < -0.3 is 4.90 Å². The second-order valence-electron chi connectivity index (χ2n) is 15.0. The molecule has 0 aliphatic carbocycles. The average molecular weight is 680 g/mol. The molecule has 1 nitrogen and oxygen atoms in total. The first-order chi connectivity index (χ1) is 25.9. The van der Waals surface area contributed by atoms with Crippen LogP contribution in [0.4, 0.5) is 17.1 Å². The van der Waals surface area contributed by atoms with E-state index in [1.807, 2.05) is 0 Å². The third-order valence-electron chi connectivity index (χ3n) is 10.6. The molecule has 0 amide bonds. The van der Waals surface area contributed by atoms with Crippen LogP contribution in [0.3, 0.4) is 0 Å². The Morgan fingerprint density at radius 3 is 1.60 bits per heavy atom. The zero-order valence-electron chi connectivity index (χ0n) is 30.4. The van der Waals surface area contributed by atoms with Gasteiger partial charge in [-0.05, 0) is 108 Å². The lowest BCUT2D eigenvalue weighted by atomic mass is 9.81. The first kappa shape index (κ1) is 32.5. The summed E-state index contributed by atoms with van der Waals surface area (Å²) in [5.41, 5.74) is 12.0. The summed E-state index contributed by atoms with van der Waals surface area (Å²) in [6.45, 7) is 6.94. The van der Waals surface area contributed by atoms with Gasteiger partial charge in [-0.1, -0.05) is 178 Å². The van der Waals surface area contributed by atoms with Crippen molar-refractivity contribution in [2.24, 2.45) is 0 Å². The van der Waals surface area contributed by atoms with E-state index in [9.17, 15) is 0 Å². The number of rotatable bonds is 6. The highest BCUT2D eigenvalue weighted by Crippen LogP contribution is 2.45. The summed E-state index contributed by atoms with van der Waals surface area (Å²) < 4.78 is 0. The summed E-state index contributed by atoms with van der Waals surface area (Å²) >= 11 is 0. The van der Waals surface area contributed by atoms with E-state index in [1.54, 1.807) is 0 Å². The number of para-hydroxylation sites is 1. The van der Waals surface area contributed by atoms with Crippen molar-refractivity contribution in [3.05, 3.63) is 200 Å². The molecule has 0 saturated heterocycles. The fourth-order valence-corrected chi connectivity index (χ4v) is 8.01. The number of nitrogens with zero attached hydrogens (tertiary/aromatic N) is 1. The minimum absolute atomic E-state index is 0.0724. The summed E-state index contributed by atoms with van der Waals surface area (Å²) in [5.74, 6) is 0. The minimum Gasteiger partial charge on any atom is -0.310 e. The molecule has 0 saturated carbocycles. The van der Waals surface area contributed by atoms with Crippen LogP contribution >= 0.6 is 0 Å². The van der Waals surface area contributed by atoms with Crippen molar-refractivity contribution < 1.29 is 0 Å². The molecule has 0 aromatic heterocycles. The standard InChI is InChI=1S/C52H41N/c1-52(2,3)50-34-41(31-33-43(50)36-16-6-4-7-17-36)53(51-25-15-14-22-44(51)37-18-8-5-9-19-37)40-29-26-39(27-30-40)48-35-49-42-21-11-10-20-38(42)28-32-47(49)45-23-12-13-24-46(45)48/h4-35H,1-3H3. The zero-order valence-corrected chi connectivity index (χ0v) is 30.4. The van der Waals surface area contributed by atoms with Gasteiger partial charge in [-0.2, -0.15) is 0 Å². The Morgan fingerprint density at radius 2 is 0.887 bits per heavy atom. The van der Waals surface area contributed by atoms with Crippen molar-refractivity contribution in [2.45, 2.75) is 26.2 Å². The number of hydrogen-bond acceptors (Lipinski definition) is 1. The van der Waals surface area contributed by atoms with Gasteiger partial charge in [0.2, 0.25) is 0 Å². The monoisotopic (exact) mass is 679 g/mol. The van der Waals surface area contributed by atoms with E-state index in [0.717, 1.165) is 17.1 Å². The Hall–Kier alpha value is -6.44. The molecule has 9 rings (SSSR count). The van der Waals surface area contributed by atoms with E-state index < -0.39 is 0 Å². The number of anilines is 3. The van der Waals surface area contributed by atoms with Crippen molar-refractivity contribution in [1.29, 1.82) is 0 Å². The van der Waals surface area contributed by atoms with Gasteiger partial charge >= 0.3 is 0 Å². The number of fused-ring (bicyclic) bond motifs is 5. The molecule has 0 bridgehead atoms. The quantitative estimate of drug-likeness (QED) is 0.158. The van der Waals surface area contributed by atoms with Gasteiger partial charge in [0.25, 0.3) is 0 Å². The van der Waals surface area contributed by atoms with Crippen LogP contribution in [0.15, 0.2) is 194 Å². The topological polar surface area (TPSA) is 3.24 Å². The molecule has 0 fully saturated rings. The normalized spacial score (nSPS) is 11.7. The van der Waals surface area contributed by atoms with Gasteiger partial charge in [0.1, 0.15) is 0 Å². The summed E-state index contributed by atoms with van der Waals surface area (Å²) in [6.07, 6.45) is 0. The Morgan fingerprint density at radius 1 is 0.340 bits per heavy atom. The molecule has 0 N–H and O–H groups in total. The summed E-state index contributed by atoms with van der Waals surface area (Å²) in [6, 6.07) is 70.9. The zero-order chi connectivity index (χ0) is 35.9. The van der Waals surface area contributed by atoms with Gasteiger partial charge in [-0.3, -0.25) is 0 Å². The highest BCUT2D eigenvalue weighted by atomic mass is 15.1. The average Bonchev–Trinajstić information content (AvgIpc) is 3.21. The lowest BCUT2D eigenvalue weighted by molar-refractivity contribution is 0.592. The van der Waals surface area contributed by atoms with E-state index >= 15 is 0 Å². The van der Waals surface area contributed by atoms with Crippen LogP contribution in [0.25, 0.3) is 65.7 Å². The Bertz CT molecular complexity index is 2740. The SMILES string of the molecule is CC(C)(C)c1cc(N(c2ccc(-c3cc4c5ccccc5ccc4c4ccccc34)cc2)c2ccccc2-c2ccccc2)ccc1-c1ccccc1. The van der Waals surface area contributed by atoms with Crippen molar-refractivity contribution in [2.75, 3.05) is 4.90 Å². The largest absolute Gasteiger partial charge is 0.310 e. The van der Waals surface area contributed by atoms with Crippen LogP contribution in [-0.2, 0) is 5.41 Å². The van der Waals surface area contributed by atoms with Gasteiger partial charge in [0.05, 0.1) is 5.69 Å². The molecule has 0 radical (unpaired) electrons. The Labute approximate surface area is 312 Å². The predicted octanol–water partition coefficient (Wildman–Crippen LogP) is 14.9. The van der Waals surface area contributed by atoms with Gasteiger partial charge in [-0.25, -0.2) is 0 Å². The Kier molecular flexibility index (Phi) is 8.13. The molecule has 9 aromatic rings. The second kappa shape index (κ2) is 13.3. The predicted molar refractivity (Wildman–Crippen MR) is 229 cm³/mol. The molecule has 0 aliphatic heterocycles. The van der Waals surface area contributed by atoms with Gasteiger partial charge in [0, 0.05) is 16.9 Å². The molecule has 0 spiro atoms. The second-order valence-corrected chi connectivity index (χ2v) is 15.0. The lowest BCUT2D eigenvalue weighted by Gasteiger charge is -2.31. The summed E-state index contributed by atoms with van der Waals surface area (Å²) in [7, 11) is 0. The molecule has 0 heterocycles. The highest BCUT2D eigenvalue weighted by molar-refractivity contribution is 6.21. The molecule has 9 aromatic carbocycles. The molecule has 1 heteroatoms. The third kappa shape index (κ3) is 5.95. The molecule has 0 unspecified atom stereocenters. The molecule has 0 aliphatic rings. The van der Waals surface area contributed by atoms with Crippen molar-refractivity contribution in [3.8, 4) is 33.4 Å². The first-order valence-electron chi connectivity index (χ1n) is 18.5. The molecular formula is C52H41N. The van der Waals surface area contributed by atoms with E-state index in [4.69, 9.17) is 0 Å². The number of hydrogen-bond donors (Lipinski definition) is 0. The smallest absolute Gasteiger partial charge is 0.0540 e. The van der Waals surface area contributed by atoms with Crippen molar-refractivity contribution >= 4 is 49.4 Å². The van der Waals surface area contributed by atoms with E-state index in [2.05, 4.69) is 220 Å². The lowest BCUT2D eigenvalue weighted by Crippen LogP contribution is -2.16. The fraction of sp³-hybridized carbons (Fsp3) is 0.0769. The maximum absolute atomic E-state index is 2.43. The molecule has 53 heavy (non-hydrogen) atoms. The minimum atomic E-state index is -0.0724. The van der Waals surface area contributed by atoms with Crippen LogP contribution in [0.1, 0.15) is 26.3 Å². The van der Waals surface area contributed by atoms with Crippen LogP contribution < -0.4 is 4.90 Å². The van der Waals surface area contributed by atoms with Crippen LogP contribution in [-0.4, -0.2) is 0 Å². The van der Waals surface area contributed by atoms with Gasteiger partial charge in [0.15, 0.2) is 0 Å². The molecule has 0 atom stereocenters. The third-order valence-corrected chi connectivity index (χ3v) is 10.6. The Balaban J connectivity index is 1.24. The number of benzene rings is 9. The van der Waals surface area contributed by atoms with Crippen molar-refractivity contribution in [1.82, 2.24) is 0 Å². The first-order valence-corrected chi connectivity index (χ1v) is 18.5. The van der Waals surface area contributed by atoms with E-state index in [-0.39, 0.29) is 5.41 Å². The highest BCUT2D eigenvalue weighted by Gasteiger charge is 2.23. The van der Waals surface area contributed by atoms with E-state index in [0.29, 0.717) is 0 Å². The maximum Gasteiger partial charge on any atom is 0.0540 e. The van der Waals surface area contributed by atoms with Crippen LogP contribution in [0, 0.1) is 0 Å². The van der Waals surface area contributed by atoms with Crippen LogP contribution in [0.5, 0.6) is 0 Å².